The van der Waals surface area contributed by atoms with Crippen LogP contribution in [0, 0.1) is 0 Å². The minimum Gasteiger partial charge on any atom is -0.478 e. The van der Waals surface area contributed by atoms with Crippen molar-refractivity contribution in [2.24, 2.45) is 0 Å². The molecular weight excluding hydrogens is 282 g/mol. The van der Waals surface area contributed by atoms with E-state index in [1.807, 2.05) is 0 Å². The predicted molar refractivity (Wildman–Crippen MR) is 70.9 cm³/mol. The average Bonchev–Trinajstić information content (AvgIpc) is 2.43. The van der Waals surface area contributed by atoms with Crippen LogP contribution in [0.2, 0.25) is 0 Å². The Labute approximate surface area is 121 Å². The van der Waals surface area contributed by atoms with Gasteiger partial charge in [-0.1, -0.05) is 13.8 Å². The topological polar surface area (TPSA) is 130 Å². The Morgan fingerprint density at radius 1 is 1.05 bits per heavy atom. The van der Waals surface area contributed by atoms with E-state index in [0.29, 0.717) is 0 Å². The third kappa shape index (κ3) is 2.51. The van der Waals surface area contributed by atoms with Crippen molar-refractivity contribution in [1.29, 1.82) is 0 Å². The molecule has 0 radical (unpaired) electrons. The molecule has 0 amide bonds. The lowest BCUT2D eigenvalue weighted by molar-refractivity contribution is -0.180. The molecular formula is C12H19N3O6. The zero-order chi connectivity index (χ0) is 16.4. The van der Waals surface area contributed by atoms with Gasteiger partial charge in [-0.05, 0) is 13.3 Å². The second-order valence-electron chi connectivity index (χ2n) is 4.41. The molecule has 118 valence electrons. The quantitative estimate of drug-likeness (QED) is 0.523. The van der Waals surface area contributed by atoms with Crippen molar-refractivity contribution < 1.29 is 29.7 Å². The fourth-order valence-corrected chi connectivity index (χ4v) is 2.51. The smallest absolute Gasteiger partial charge is 0.356 e. The van der Waals surface area contributed by atoms with Crippen molar-refractivity contribution in [3.05, 3.63) is 11.4 Å². The highest BCUT2D eigenvalue weighted by Crippen LogP contribution is 2.30. The Kier molecular flexibility index (Phi) is 4.79. The number of rotatable bonds is 6. The summed E-state index contributed by atoms with van der Waals surface area (Å²) in [5, 5.41) is 32.9. The molecule has 9 nitrogen and oxygen atoms in total. The maximum atomic E-state index is 11.7. The molecule has 0 aromatic rings. The molecule has 1 aliphatic heterocycles. The van der Waals surface area contributed by atoms with Gasteiger partial charge in [0, 0.05) is 13.1 Å². The van der Waals surface area contributed by atoms with Gasteiger partial charge in [-0.3, -0.25) is 5.01 Å². The molecule has 1 aliphatic rings. The van der Waals surface area contributed by atoms with Crippen LogP contribution in [0.15, 0.2) is 11.4 Å². The Bertz CT molecular complexity index is 503. The number of hydrogen-bond donors (Lipinski definition) is 4. The number of hydrogen-bond acceptors (Lipinski definition) is 6. The first kappa shape index (κ1) is 16.8. The van der Waals surface area contributed by atoms with Crippen LogP contribution in [0.25, 0.3) is 0 Å². The molecule has 0 spiro atoms. The van der Waals surface area contributed by atoms with Gasteiger partial charge in [0.15, 0.2) is 11.4 Å². The van der Waals surface area contributed by atoms with E-state index in [0.717, 1.165) is 0 Å². The normalized spacial score (nSPS) is 22.9. The highest BCUT2D eigenvalue weighted by Gasteiger charge is 2.51. The molecule has 0 saturated heterocycles. The van der Waals surface area contributed by atoms with Gasteiger partial charge in [0.1, 0.15) is 0 Å². The molecule has 1 heterocycles. The molecule has 1 rings (SSSR count). The zero-order valence-corrected chi connectivity index (χ0v) is 12.1. The fourth-order valence-electron chi connectivity index (χ4n) is 2.51. The monoisotopic (exact) mass is 301 g/mol. The van der Waals surface area contributed by atoms with Gasteiger partial charge < -0.3 is 20.6 Å². The molecule has 1 atom stereocenters. The maximum absolute atomic E-state index is 11.7. The largest absolute Gasteiger partial charge is 0.478 e. The van der Waals surface area contributed by atoms with Gasteiger partial charge in [-0.25, -0.2) is 14.4 Å². The summed E-state index contributed by atoms with van der Waals surface area (Å²) in [6.45, 7) is 5.21. The molecule has 0 saturated carbocycles. The van der Waals surface area contributed by atoms with Gasteiger partial charge in [-0.2, -0.15) is 5.01 Å². The minimum atomic E-state index is -1.70. The number of hydrazine groups is 1. The molecule has 0 fully saturated rings. The van der Waals surface area contributed by atoms with Crippen molar-refractivity contribution in [1.82, 2.24) is 15.3 Å². The highest BCUT2D eigenvalue weighted by molar-refractivity contribution is 5.99. The number of aliphatic carboxylic acids is 3. The Hall–Kier alpha value is -2.29. The van der Waals surface area contributed by atoms with E-state index in [4.69, 9.17) is 0 Å². The molecule has 0 aromatic heterocycles. The van der Waals surface area contributed by atoms with Crippen LogP contribution in [0.1, 0.15) is 27.2 Å². The van der Waals surface area contributed by atoms with E-state index in [1.54, 1.807) is 20.8 Å². The van der Waals surface area contributed by atoms with E-state index in [2.05, 4.69) is 5.32 Å². The molecule has 0 aliphatic carbocycles. The third-order valence-corrected chi connectivity index (χ3v) is 3.44. The van der Waals surface area contributed by atoms with Crippen molar-refractivity contribution in [2.45, 2.75) is 32.9 Å². The van der Waals surface area contributed by atoms with Crippen molar-refractivity contribution in [3.63, 3.8) is 0 Å². The summed E-state index contributed by atoms with van der Waals surface area (Å²) in [7, 11) is 0. The maximum Gasteiger partial charge on any atom is 0.356 e. The van der Waals surface area contributed by atoms with Crippen LogP contribution in [-0.4, -0.2) is 62.0 Å². The van der Waals surface area contributed by atoms with Gasteiger partial charge in [0.2, 0.25) is 5.66 Å². The fraction of sp³-hybridized carbons (Fsp3) is 0.583. The van der Waals surface area contributed by atoms with Gasteiger partial charge in [-0.15, -0.1) is 0 Å². The minimum absolute atomic E-state index is 0.0519. The summed E-state index contributed by atoms with van der Waals surface area (Å²) < 4.78 is 0. The summed E-state index contributed by atoms with van der Waals surface area (Å²) in [6, 6.07) is 0. The van der Waals surface area contributed by atoms with Crippen LogP contribution in [-0.2, 0) is 14.4 Å². The van der Waals surface area contributed by atoms with Gasteiger partial charge >= 0.3 is 17.9 Å². The lowest BCUT2D eigenvalue weighted by Gasteiger charge is -2.50. The molecule has 0 aromatic carbocycles. The van der Waals surface area contributed by atoms with Gasteiger partial charge in [0.05, 0.1) is 0 Å². The van der Waals surface area contributed by atoms with Crippen molar-refractivity contribution >= 4 is 17.9 Å². The van der Waals surface area contributed by atoms with Crippen molar-refractivity contribution in [3.8, 4) is 0 Å². The van der Waals surface area contributed by atoms with Crippen LogP contribution < -0.4 is 5.32 Å². The molecule has 9 heteroatoms. The Balaban J connectivity index is 3.63. The van der Waals surface area contributed by atoms with E-state index in [1.165, 1.54) is 10.0 Å². The van der Waals surface area contributed by atoms with Crippen LogP contribution in [0.5, 0.6) is 0 Å². The number of nitrogens with one attached hydrogen (secondary N) is 1. The summed E-state index contributed by atoms with van der Waals surface area (Å²) in [6.07, 6.45) is 0.0519. The third-order valence-electron chi connectivity index (χ3n) is 3.44. The first-order chi connectivity index (χ1) is 9.76. The molecule has 0 bridgehead atoms. The zero-order valence-electron chi connectivity index (χ0n) is 12.1. The van der Waals surface area contributed by atoms with E-state index >= 15 is 0 Å². The number of carboxylic acids is 3. The standard InChI is InChI=1S/C12H19N3O6/c1-4-12(11(20)21)13-7(9(16)17)8(10(18)19)14(5-2)15(12)6-3/h13H,4-6H2,1-3H3,(H,16,17)(H,18,19)(H,20,21). The first-order valence-corrected chi connectivity index (χ1v) is 6.54. The SMILES string of the molecule is CCN1C(C(=O)O)=C(C(=O)O)NC(CC)(C(=O)O)N1CC. The average molecular weight is 301 g/mol. The van der Waals surface area contributed by atoms with Crippen molar-refractivity contribution in [2.75, 3.05) is 13.1 Å². The van der Waals surface area contributed by atoms with E-state index < -0.39 is 35.0 Å². The van der Waals surface area contributed by atoms with Crippen LogP contribution in [0.3, 0.4) is 0 Å². The second kappa shape index (κ2) is 6.00. The highest BCUT2D eigenvalue weighted by atomic mass is 16.4. The summed E-state index contributed by atoms with van der Waals surface area (Å²) in [5.74, 6) is -4.22. The Morgan fingerprint density at radius 2 is 1.62 bits per heavy atom. The first-order valence-electron chi connectivity index (χ1n) is 6.54. The van der Waals surface area contributed by atoms with E-state index in [9.17, 15) is 29.7 Å². The lowest BCUT2D eigenvalue weighted by atomic mass is 10.0. The number of carboxylic acid groups (broad SMARTS) is 3. The lowest BCUT2D eigenvalue weighted by Crippen LogP contribution is -2.72. The number of nitrogens with zero attached hydrogens (tertiary/aromatic N) is 2. The summed E-state index contributed by atoms with van der Waals surface area (Å²) in [5.41, 5.74) is -2.80. The second-order valence-corrected chi connectivity index (χ2v) is 4.41. The summed E-state index contributed by atoms with van der Waals surface area (Å²) in [4.78, 5) is 34.4. The predicted octanol–water partition coefficient (Wildman–Crippen LogP) is -0.280. The molecule has 21 heavy (non-hydrogen) atoms. The Morgan fingerprint density at radius 3 is 1.90 bits per heavy atom. The van der Waals surface area contributed by atoms with E-state index in [-0.39, 0.29) is 19.5 Å². The summed E-state index contributed by atoms with van der Waals surface area (Å²) >= 11 is 0. The number of likely N-dealkylation sites (N-methyl/N-ethyl adjacent to an activating group) is 2. The molecule has 1 unspecified atom stereocenters. The van der Waals surface area contributed by atoms with Crippen LogP contribution in [0.4, 0.5) is 0 Å². The van der Waals surface area contributed by atoms with Crippen LogP contribution >= 0.6 is 0 Å². The van der Waals surface area contributed by atoms with Gasteiger partial charge in [0.25, 0.3) is 0 Å². The number of carbonyl (C=O) groups is 3. The molecule has 4 N–H and O–H groups in total.